The number of aliphatic hydroxyl groups is 1. The molecule has 1 atom stereocenters. The van der Waals surface area contributed by atoms with Gasteiger partial charge in [-0.3, -0.25) is 0 Å². The Morgan fingerprint density at radius 2 is 1.75 bits per heavy atom. The molecule has 1 N–H and O–H groups in total. The summed E-state index contributed by atoms with van der Waals surface area (Å²) in [6.07, 6.45) is -5.68. The van der Waals surface area contributed by atoms with E-state index in [0.717, 1.165) is 0 Å². The lowest BCUT2D eigenvalue weighted by molar-refractivity contribution is -0.137. The highest BCUT2D eigenvalue weighted by atomic mass is 19.3. The topological polar surface area (TPSA) is 38.7 Å². The lowest BCUT2D eigenvalue weighted by atomic mass is 10.7. The molecule has 0 spiro atoms. The summed E-state index contributed by atoms with van der Waals surface area (Å²) < 4.78 is 43.5. The lowest BCUT2D eigenvalue weighted by Gasteiger charge is -2.08. The summed E-state index contributed by atoms with van der Waals surface area (Å²) in [5, 5.41) is 8.20. The summed E-state index contributed by atoms with van der Waals surface area (Å²) in [6, 6.07) is 0. The molecule has 0 aromatic heterocycles. The second kappa shape index (κ2) is 7.33. The van der Waals surface area contributed by atoms with Crippen molar-refractivity contribution in [1.82, 2.24) is 0 Å². The largest absolute Gasteiger partial charge is 0.394 e. The van der Waals surface area contributed by atoms with E-state index in [1.165, 1.54) is 0 Å². The molecule has 0 fully saturated rings. The van der Waals surface area contributed by atoms with E-state index in [2.05, 4.69) is 9.47 Å². The van der Waals surface area contributed by atoms with Crippen LogP contribution in [0.1, 0.15) is 0 Å². The molecule has 12 heavy (non-hydrogen) atoms. The summed E-state index contributed by atoms with van der Waals surface area (Å²) in [4.78, 5) is 0. The monoisotopic (exact) mass is 188 g/mol. The number of ether oxygens (including phenoxy) is 2. The first-order chi connectivity index (χ1) is 5.68. The SMILES string of the molecule is OCCOCCOC(F)C(F)F. The van der Waals surface area contributed by atoms with Crippen molar-refractivity contribution in [1.29, 1.82) is 0 Å². The molecular weight excluding hydrogens is 177 g/mol. The van der Waals surface area contributed by atoms with Crippen LogP contribution in [0, 0.1) is 0 Å². The van der Waals surface area contributed by atoms with E-state index in [1.807, 2.05) is 0 Å². The first-order valence-electron chi connectivity index (χ1n) is 3.41. The quantitative estimate of drug-likeness (QED) is 0.594. The minimum absolute atomic E-state index is 0.00625. The van der Waals surface area contributed by atoms with Crippen LogP contribution in [0.15, 0.2) is 0 Å². The van der Waals surface area contributed by atoms with Crippen LogP contribution in [0.4, 0.5) is 13.2 Å². The zero-order valence-electron chi connectivity index (χ0n) is 6.38. The molecule has 0 amide bonds. The van der Waals surface area contributed by atoms with Crippen LogP contribution in [0.5, 0.6) is 0 Å². The fourth-order valence-corrected chi connectivity index (χ4v) is 0.459. The Hall–Kier alpha value is -0.330. The van der Waals surface area contributed by atoms with E-state index in [0.29, 0.717) is 0 Å². The molecule has 0 aromatic carbocycles. The Morgan fingerprint density at radius 3 is 2.25 bits per heavy atom. The van der Waals surface area contributed by atoms with Gasteiger partial charge in [-0.2, -0.15) is 0 Å². The van der Waals surface area contributed by atoms with Crippen LogP contribution in [0.3, 0.4) is 0 Å². The Kier molecular flexibility index (Phi) is 7.12. The summed E-state index contributed by atoms with van der Waals surface area (Å²) in [5.74, 6) is 0. The predicted octanol–water partition coefficient (Wildman–Crippen LogP) is 0.573. The molecular formula is C6H11F3O3. The number of aliphatic hydroxyl groups excluding tert-OH is 1. The average Bonchev–Trinajstić information content (AvgIpc) is 2.03. The Morgan fingerprint density at radius 1 is 1.08 bits per heavy atom. The highest BCUT2D eigenvalue weighted by Crippen LogP contribution is 2.05. The van der Waals surface area contributed by atoms with Crippen molar-refractivity contribution in [3.63, 3.8) is 0 Å². The summed E-state index contributed by atoms with van der Waals surface area (Å²) in [5.41, 5.74) is 0. The third kappa shape index (κ3) is 6.38. The van der Waals surface area contributed by atoms with E-state index >= 15 is 0 Å². The number of rotatable bonds is 7. The second-order valence-corrected chi connectivity index (χ2v) is 1.89. The van der Waals surface area contributed by atoms with Crippen molar-refractivity contribution in [2.75, 3.05) is 26.4 Å². The van der Waals surface area contributed by atoms with E-state index in [9.17, 15) is 13.2 Å². The van der Waals surface area contributed by atoms with Gasteiger partial charge >= 0.3 is 0 Å². The van der Waals surface area contributed by atoms with Crippen LogP contribution in [0.25, 0.3) is 0 Å². The van der Waals surface area contributed by atoms with Crippen molar-refractivity contribution in [2.24, 2.45) is 0 Å². The number of hydrogen-bond donors (Lipinski definition) is 1. The Bertz CT molecular complexity index is 102. The standard InChI is InChI=1S/C6H11F3O3/c7-5(8)6(9)12-4-3-11-2-1-10/h5-6,10H,1-4H2. The molecule has 0 heterocycles. The fraction of sp³-hybridized carbons (Fsp3) is 1.00. The van der Waals surface area contributed by atoms with Gasteiger partial charge in [-0.05, 0) is 0 Å². The second-order valence-electron chi connectivity index (χ2n) is 1.89. The molecule has 6 heteroatoms. The van der Waals surface area contributed by atoms with E-state index in [-0.39, 0.29) is 26.4 Å². The highest BCUT2D eigenvalue weighted by molar-refractivity contribution is 4.42. The first-order valence-corrected chi connectivity index (χ1v) is 3.41. The molecule has 0 saturated heterocycles. The van der Waals surface area contributed by atoms with Crippen molar-refractivity contribution in [3.05, 3.63) is 0 Å². The summed E-state index contributed by atoms with van der Waals surface area (Å²) in [7, 11) is 0. The van der Waals surface area contributed by atoms with Crippen molar-refractivity contribution < 1.29 is 27.8 Å². The van der Waals surface area contributed by atoms with Crippen LogP contribution in [0.2, 0.25) is 0 Å². The van der Waals surface area contributed by atoms with Crippen molar-refractivity contribution >= 4 is 0 Å². The molecule has 0 aromatic rings. The lowest BCUT2D eigenvalue weighted by Crippen LogP contribution is -2.19. The number of halogens is 3. The maximum absolute atomic E-state index is 12.0. The van der Waals surface area contributed by atoms with Crippen molar-refractivity contribution in [3.8, 4) is 0 Å². The van der Waals surface area contributed by atoms with Crippen LogP contribution in [-0.4, -0.2) is 44.3 Å². The number of hydrogen-bond acceptors (Lipinski definition) is 3. The number of alkyl halides is 3. The molecule has 0 rings (SSSR count). The van der Waals surface area contributed by atoms with Gasteiger partial charge in [0.05, 0.1) is 26.4 Å². The normalized spacial score (nSPS) is 13.8. The molecule has 0 aliphatic rings. The third-order valence-electron chi connectivity index (χ3n) is 0.938. The Balaban J connectivity index is 3.08. The molecule has 0 aliphatic heterocycles. The smallest absolute Gasteiger partial charge is 0.293 e. The van der Waals surface area contributed by atoms with Gasteiger partial charge in [0.2, 0.25) is 0 Å². The first kappa shape index (κ1) is 11.7. The van der Waals surface area contributed by atoms with Crippen LogP contribution < -0.4 is 0 Å². The molecule has 0 aliphatic carbocycles. The zero-order valence-corrected chi connectivity index (χ0v) is 6.38. The highest BCUT2D eigenvalue weighted by Gasteiger charge is 2.18. The molecule has 0 radical (unpaired) electrons. The van der Waals surface area contributed by atoms with Crippen molar-refractivity contribution in [2.45, 2.75) is 12.8 Å². The molecule has 0 saturated carbocycles. The van der Waals surface area contributed by atoms with E-state index < -0.39 is 12.8 Å². The molecule has 74 valence electrons. The maximum Gasteiger partial charge on any atom is 0.293 e. The predicted molar refractivity (Wildman–Crippen MR) is 34.8 cm³/mol. The summed E-state index contributed by atoms with van der Waals surface area (Å²) in [6.45, 7) is -0.317. The summed E-state index contributed by atoms with van der Waals surface area (Å²) >= 11 is 0. The maximum atomic E-state index is 12.0. The zero-order chi connectivity index (χ0) is 9.40. The van der Waals surface area contributed by atoms with Gasteiger partial charge in [0, 0.05) is 0 Å². The fourth-order valence-electron chi connectivity index (χ4n) is 0.459. The van der Waals surface area contributed by atoms with Gasteiger partial charge in [0.25, 0.3) is 12.8 Å². The molecule has 0 bridgehead atoms. The molecule has 3 nitrogen and oxygen atoms in total. The Labute approximate surface area is 68.1 Å². The third-order valence-corrected chi connectivity index (χ3v) is 0.938. The van der Waals surface area contributed by atoms with Gasteiger partial charge in [-0.15, -0.1) is 0 Å². The minimum Gasteiger partial charge on any atom is -0.394 e. The van der Waals surface area contributed by atoms with Gasteiger partial charge in [-0.25, -0.2) is 13.2 Å². The van der Waals surface area contributed by atoms with Crippen LogP contribution in [-0.2, 0) is 9.47 Å². The van der Waals surface area contributed by atoms with Gasteiger partial charge in [0.15, 0.2) is 0 Å². The average molecular weight is 188 g/mol. The van der Waals surface area contributed by atoms with Gasteiger partial charge < -0.3 is 14.6 Å². The van der Waals surface area contributed by atoms with Gasteiger partial charge in [-0.1, -0.05) is 0 Å². The molecule has 1 unspecified atom stereocenters. The van der Waals surface area contributed by atoms with Gasteiger partial charge in [0.1, 0.15) is 0 Å². The van der Waals surface area contributed by atoms with E-state index in [1.54, 1.807) is 0 Å². The van der Waals surface area contributed by atoms with Crippen LogP contribution >= 0.6 is 0 Å². The van der Waals surface area contributed by atoms with E-state index in [4.69, 9.17) is 5.11 Å². The minimum atomic E-state index is -3.12.